The largest absolute Gasteiger partial charge is 0.232 e. The highest BCUT2D eigenvalue weighted by Crippen LogP contribution is 2.29. The average Bonchev–Trinajstić information content (AvgIpc) is 2.69. The topological polar surface area (TPSA) is 25.8 Å². The molecule has 1 aliphatic carbocycles. The van der Waals surface area contributed by atoms with Gasteiger partial charge >= 0.3 is 0 Å². The summed E-state index contributed by atoms with van der Waals surface area (Å²) in [5.74, 6) is 1.06. The first-order chi connectivity index (χ1) is 12.3. The third-order valence-electron chi connectivity index (χ3n) is 4.26. The zero-order valence-electron chi connectivity index (χ0n) is 13.6. The van der Waals surface area contributed by atoms with Gasteiger partial charge in [0.25, 0.3) is 0 Å². The Kier molecular flexibility index (Phi) is 4.57. The molecule has 0 radical (unpaired) electrons. The molecule has 0 saturated carbocycles. The SMILES string of the molecule is Brc1cccc(-c2nc(-c3ccccc3)cc(C3C=CC=CC3)n2)c1. The minimum absolute atomic E-state index is 0.293. The van der Waals surface area contributed by atoms with Crippen molar-refractivity contribution in [3.05, 3.63) is 95.1 Å². The van der Waals surface area contributed by atoms with Crippen molar-refractivity contribution < 1.29 is 0 Å². The van der Waals surface area contributed by atoms with Crippen LogP contribution in [0.1, 0.15) is 18.0 Å². The van der Waals surface area contributed by atoms with Crippen molar-refractivity contribution in [3.63, 3.8) is 0 Å². The first kappa shape index (κ1) is 16.0. The van der Waals surface area contributed by atoms with Crippen LogP contribution in [-0.4, -0.2) is 9.97 Å². The summed E-state index contributed by atoms with van der Waals surface area (Å²) in [5, 5.41) is 0. The van der Waals surface area contributed by atoms with Crippen molar-refractivity contribution in [2.75, 3.05) is 0 Å². The van der Waals surface area contributed by atoms with Gasteiger partial charge in [0.05, 0.1) is 11.4 Å². The van der Waals surface area contributed by atoms with E-state index in [1.54, 1.807) is 0 Å². The van der Waals surface area contributed by atoms with E-state index >= 15 is 0 Å². The lowest BCUT2D eigenvalue weighted by Crippen LogP contribution is -2.04. The van der Waals surface area contributed by atoms with E-state index in [4.69, 9.17) is 9.97 Å². The maximum atomic E-state index is 4.88. The van der Waals surface area contributed by atoms with Crippen LogP contribution >= 0.6 is 15.9 Å². The van der Waals surface area contributed by atoms with E-state index in [1.807, 2.05) is 30.3 Å². The number of rotatable bonds is 3. The van der Waals surface area contributed by atoms with Crippen LogP contribution in [0.15, 0.2) is 89.4 Å². The maximum absolute atomic E-state index is 4.88. The van der Waals surface area contributed by atoms with Crippen molar-refractivity contribution in [1.82, 2.24) is 9.97 Å². The number of nitrogens with zero attached hydrogens (tertiary/aromatic N) is 2. The van der Waals surface area contributed by atoms with Crippen LogP contribution in [0.2, 0.25) is 0 Å². The van der Waals surface area contributed by atoms with Crippen molar-refractivity contribution in [2.24, 2.45) is 0 Å². The predicted molar refractivity (Wildman–Crippen MR) is 106 cm³/mol. The summed E-state index contributed by atoms with van der Waals surface area (Å²) in [5.41, 5.74) is 4.15. The summed E-state index contributed by atoms with van der Waals surface area (Å²) >= 11 is 3.54. The van der Waals surface area contributed by atoms with E-state index in [-0.39, 0.29) is 0 Å². The molecular formula is C22H17BrN2. The van der Waals surface area contributed by atoms with Gasteiger partial charge in [0, 0.05) is 21.5 Å². The summed E-state index contributed by atoms with van der Waals surface area (Å²) < 4.78 is 1.03. The molecule has 122 valence electrons. The van der Waals surface area contributed by atoms with Crippen molar-refractivity contribution in [2.45, 2.75) is 12.3 Å². The molecule has 3 aromatic rings. The Labute approximate surface area is 156 Å². The second kappa shape index (κ2) is 7.16. The Morgan fingerprint density at radius 3 is 2.44 bits per heavy atom. The Morgan fingerprint density at radius 1 is 0.840 bits per heavy atom. The Morgan fingerprint density at radius 2 is 1.68 bits per heavy atom. The van der Waals surface area contributed by atoms with Gasteiger partial charge in [-0.25, -0.2) is 9.97 Å². The summed E-state index contributed by atoms with van der Waals surface area (Å²) in [4.78, 5) is 9.71. The van der Waals surface area contributed by atoms with E-state index in [0.717, 1.165) is 39.2 Å². The molecule has 1 unspecified atom stereocenters. The van der Waals surface area contributed by atoms with Crippen LogP contribution in [-0.2, 0) is 0 Å². The Bertz CT molecular complexity index is 945. The molecule has 0 fully saturated rings. The minimum Gasteiger partial charge on any atom is -0.232 e. The molecule has 3 heteroatoms. The van der Waals surface area contributed by atoms with Gasteiger partial charge in [0.15, 0.2) is 5.82 Å². The average molecular weight is 389 g/mol. The summed E-state index contributed by atoms with van der Waals surface area (Å²) in [7, 11) is 0. The van der Waals surface area contributed by atoms with Gasteiger partial charge in [0.1, 0.15) is 0 Å². The molecular weight excluding hydrogens is 372 g/mol. The fraction of sp³-hybridized carbons (Fsp3) is 0.0909. The zero-order valence-corrected chi connectivity index (χ0v) is 15.2. The summed E-state index contributed by atoms with van der Waals surface area (Å²) in [6.45, 7) is 0. The van der Waals surface area contributed by atoms with Crippen molar-refractivity contribution in [3.8, 4) is 22.6 Å². The molecule has 1 atom stereocenters. The zero-order chi connectivity index (χ0) is 17.1. The van der Waals surface area contributed by atoms with Crippen LogP contribution in [0, 0.1) is 0 Å². The highest BCUT2D eigenvalue weighted by Gasteiger charge is 2.15. The summed E-state index contributed by atoms with van der Waals surface area (Å²) in [6, 6.07) is 20.5. The number of aromatic nitrogens is 2. The number of allylic oxidation sites excluding steroid dienone is 4. The Hall–Kier alpha value is -2.52. The first-order valence-corrected chi connectivity index (χ1v) is 9.12. The molecule has 1 heterocycles. The molecule has 2 aromatic carbocycles. The van der Waals surface area contributed by atoms with E-state index in [1.165, 1.54) is 0 Å². The quantitative estimate of drug-likeness (QED) is 0.535. The lowest BCUT2D eigenvalue weighted by atomic mass is 9.95. The Balaban J connectivity index is 1.86. The number of halogens is 1. The molecule has 2 nitrogen and oxygen atoms in total. The molecule has 1 aromatic heterocycles. The second-order valence-electron chi connectivity index (χ2n) is 6.03. The fourth-order valence-corrected chi connectivity index (χ4v) is 3.37. The van der Waals surface area contributed by atoms with Crippen LogP contribution in [0.5, 0.6) is 0 Å². The standard InChI is InChI=1S/C22H17BrN2/c23-19-13-7-12-18(14-19)22-24-20(16-8-3-1-4-9-16)15-21(25-22)17-10-5-2-6-11-17/h1-10,12-15,17H,11H2. The van der Waals surface area contributed by atoms with Gasteiger partial charge in [-0.1, -0.05) is 82.7 Å². The van der Waals surface area contributed by atoms with Crippen molar-refractivity contribution >= 4 is 15.9 Å². The van der Waals surface area contributed by atoms with Crippen molar-refractivity contribution in [1.29, 1.82) is 0 Å². The van der Waals surface area contributed by atoms with E-state index < -0.39 is 0 Å². The molecule has 0 bridgehead atoms. The number of benzene rings is 2. The highest BCUT2D eigenvalue weighted by molar-refractivity contribution is 9.10. The van der Waals surface area contributed by atoms with Crippen LogP contribution < -0.4 is 0 Å². The fourth-order valence-electron chi connectivity index (χ4n) is 2.97. The molecule has 1 aliphatic rings. The molecule has 0 N–H and O–H groups in total. The van der Waals surface area contributed by atoms with Gasteiger partial charge in [-0.2, -0.15) is 0 Å². The lowest BCUT2D eigenvalue weighted by Gasteiger charge is -2.15. The first-order valence-electron chi connectivity index (χ1n) is 8.33. The lowest BCUT2D eigenvalue weighted by molar-refractivity contribution is 0.811. The number of hydrogen-bond acceptors (Lipinski definition) is 2. The van der Waals surface area contributed by atoms with Gasteiger partial charge < -0.3 is 0 Å². The van der Waals surface area contributed by atoms with Crippen LogP contribution in [0.4, 0.5) is 0 Å². The van der Waals surface area contributed by atoms with Gasteiger partial charge in [-0.05, 0) is 24.6 Å². The van der Waals surface area contributed by atoms with E-state index in [9.17, 15) is 0 Å². The minimum atomic E-state index is 0.293. The monoisotopic (exact) mass is 388 g/mol. The molecule has 0 spiro atoms. The van der Waals surface area contributed by atoms with E-state index in [2.05, 4.69) is 70.6 Å². The third-order valence-corrected chi connectivity index (χ3v) is 4.75. The van der Waals surface area contributed by atoms with Gasteiger partial charge in [-0.15, -0.1) is 0 Å². The molecule has 25 heavy (non-hydrogen) atoms. The maximum Gasteiger partial charge on any atom is 0.160 e. The van der Waals surface area contributed by atoms with Gasteiger partial charge in [-0.3, -0.25) is 0 Å². The second-order valence-corrected chi connectivity index (χ2v) is 6.95. The number of hydrogen-bond donors (Lipinski definition) is 0. The summed E-state index contributed by atoms with van der Waals surface area (Å²) in [6.07, 6.45) is 9.55. The normalized spacial score (nSPS) is 16.1. The smallest absolute Gasteiger partial charge is 0.160 e. The van der Waals surface area contributed by atoms with Gasteiger partial charge in [0.2, 0.25) is 0 Å². The predicted octanol–water partition coefficient (Wildman–Crippen LogP) is 6.17. The molecule has 0 aliphatic heterocycles. The third kappa shape index (κ3) is 3.62. The molecule has 0 saturated heterocycles. The molecule has 0 amide bonds. The van der Waals surface area contributed by atoms with E-state index in [0.29, 0.717) is 5.92 Å². The highest BCUT2D eigenvalue weighted by atomic mass is 79.9. The van der Waals surface area contributed by atoms with Crippen LogP contribution in [0.25, 0.3) is 22.6 Å². The van der Waals surface area contributed by atoms with Crippen LogP contribution in [0.3, 0.4) is 0 Å². The molecule has 4 rings (SSSR count).